The van der Waals surface area contributed by atoms with E-state index in [1.807, 2.05) is 60.7 Å². The number of allylic oxidation sites excluding steroid dienone is 2. The molecule has 1 amide bonds. The number of hydroxylamine groups is 2. The number of halogens is 1. The summed E-state index contributed by atoms with van der Waals surface area (Å²) in [6, 6.07) is 20.2. The predicted molar refractivity (Wildman–Crippen MR) is 159 cm³/mol. The van der Waals surface area contributed by atoms with E-state index in [0.717, 1.165) is 60.6 Å². The molecule has 0 aliphatic carbocycles. The van der Waals surface area contributed by atoms with E-state index in [1.165, 1.54) is 0 Å². The molecule has 0 atom stereocenters. The molecule has 0 radical (unpaired) electrons. The molecule has 2 aliphatic rings. The van der Waals surface area contributed by atoms with Crippen LogP contribution in [0.1, 0.15) is 18.4 Å². The molecular formula is C31H31ClN6O2. The Morgan fingerprint density at radius 1 is 0.975 bits per heavy atom. The molecule has 0 spiro atoms. The van der Waals surface area contributed by atoms with Crippen LogP contribution in [0, 0.1) is 0 Å². The normalized spacial score (nSPS) is 13.3. The average Bonchev–Trinajstić information content (AvgIpc) is 3.45. The third-order valence-electron chi connectivity index (χ3n) is 6.62. The lowest BCUT2D eigenvalue weighted by Gasteiger charge is -2.12. The molecule has 0 bridgehead atoms. The lowest BCUT2D eigenvalue weighted by atomic mass is 10.0. The van der Waals surface area contributed by atoms with Gasteiger partial charge in [0.15, 0.2) is 0 Å². The number of benzene rings is 3. The van der Waals surface area contributed by atoms with Crippen molar-refractivity contribution >= 4 is 40.7 Å². The van der Waals surface area contributed by atoms with Gasteiger partial charge in [0.25, 0.3) is 0 Å². The number of azo groups is 1. The Kier molecular flexibility index (Phi) is 9.03. The molecular weight excluding hydrogens is 524 g/mol. The van der Waals surface area contributed by atoms with Crippen molar-refractivity contribution in [3.63, 3.8) is 0 Å². The van der Waals surface area contributed by atoms with Crippen LogP contribution >= 0.6 is 11.6 Å². The van der Waals surface area contributed by atoms with Gasteiger partial charge in [0.1, 0.15) is 0 Å². The maximum Gasteiger partial charge on any atom is 0.221 e. The van der Waals surface area contributed by atoms with Gasteiger partial charge >= 0.3 is 0 Å². The fourth-order valence-corrected chi connectivity index (χ4v) is 4.82. The second kappa shape index (κ2) is 13.2. The molecule has 2 heterocycles. The van der Waals surface area contributed by atoms with Crippen LogP contribution in [0.3, 0.4) is 0 Å². The Hall–Kier alpha value is -4.24. The maximum atomic E-state index is 12.3. The van der Waals surface area contributed by atoms with Gasteiger partial charge in [0.2, 0.25) is 5.91 Å². The first-order chi connectivity index (χ1) is 19.6. The molecule has 0 fully saturated rings. The Labute approximate surface area is 238 Å². The molecule has 4 N–H and O–H groups in total. The highest BCUT2D eigenvalue weighted by Crippen LogP contribution is 2.28. The Morgan fingerprint density at radius 2 is 1.80 bits per heavy atom. The smallest absolute Gasteiger partial charge is 0.221 e. The molecule has 204 valence electrons. The number of nitrogens with one attached hydrogen (secondary N) is 3. The fourth-order valence-electron chi connectivity index (χ4n) is 4.51. The van der Waals surface area contributed by atoms with Crippen LogP contribution in [-0.4, -0.2) is 35.8 Å². The largest absolute Gasteiger partial charge is 0.384 e. The van der Waals surface area contributed by atoms with E-state index in [2.05, 4.69) is 38.3 Å². The highest BCUT2D eigenvalue weighted by Gasteiger charge is 2.09. The lowest BCUT2D eigenvalue weighted by molar-refractivity contribution is -0.120. The summed E-state index contributed by atoms with van der Waals surface area (Å²) in [4.78, 5) is 12.3. The summed E-state index contributed by atoms with van der Waals surface area (Å²) >= 11 is 6.50. The molecule has 0 saturated carbocycles. The molecule has 0 unspecified atom stereocenters. The number of anilines is 1. The van der Waals surface area contributed by atoms with E-state index in [9.17, 15) is 10.0 Å². The quantitative estimate of drug-likeness (QED) is 0.255. The van der Waals surface area contributed by atoms with Gasteiger partial charge < -0.3 is 16.0 Å². The average molecular weight is 555 g/mol. The molecule has 0 saturated heterocycles. The number of hydrogen-bond donors (Lipinski definition) is 4. The van der Waals surface area contributed by atoms with Crippen LogP contribution in [-0.2, 0) is 11.3 Å². The first kappa shape index (κ1) is 27.3. The van der Waals surface area contributed by atoms with E-state index in [1.54, 1.807) is 18.6 Å². The zero-order chi connectivity index (χ0) is 27.7. The molecule has 0 aromatic heterocycles. The Morgan fingerprint density at radius 3 is 2.60 bits per heavy atom. The minimum absolute atomic E-state index is 0.0176. The Balaban J connectivity index is 1.03. The van der Waals surface area contributed by atoms with E-state index in [4.69, 9.17) is 11.6 Å². The lowest BCUT2D eigenvalue weighted by Crippen LogP contribution is -2.29. The molecule has 40 heavy (non-hydrogen) atoms. The van der Waals surface area contributed by atoms with Crippen molar-refractivity contribution in [3.8, 4) is 11.1 Å². The number of carbonyl (C=O) groups excluding carboxylic acids is 1. The first-order valence-electron chi connectivity index (χ1n) is 13.2. The number of rotatable bonds is 11. The summed E-state index contributed by atoms with van der Waals surface area (Å²) in [6.45, 7) is 2.50. The molecule has 3 aromatic carbocycles. The molecule has 5 rings (SSSR count). The van der Waals surface area contributed by atoms with Crippen LogP contribution in [0.15, 0.2) is 95.4 Å². The summed E-state index contributed by atoms with van der Waals surface area (Å²) in [5, 5.41) is 31.2. The summed E-state index contributed by atoms with van der Waals surface area (Å²) in [5.74, 6) is 0.0176. The maximum absolute atomic E-state index is 12.3. The van der Waals surface area contributed by atoms with Crippen LogP contribution in [0.2, 0.25) is 5.02 Å². The summed E-state index contributed by atoms with van der Waals surface area (Å²) < 4.78 is 0. The summed E-state index contributed by atoms with van der Waals surface area (Å²) in [6.07, 6.45) is 9.76. The zero-order valence-corrected chi connectivity index (χ0v) is 22.7. The van der Waals surface area contributed by atoms with Crippen molar-refractivity contribution in [2.45, 2.75) is 19.4 Å². The highest BCUT2D eigenvalue weighted by molar-refractivity contribution is 6.33. The number of carbonyl (C=O) groups is 1. The van der Waals surface area contributed by atoms with Crippen molar-refractivity contribution in [3.05, 3.63) is 106 Å². The topological polar surface area (TPSA) is 101 Å². The van der Waals surface area contributed by atoms with E-state index < -0.39 is 0 Å². The standard InChI is InChI=1S/C31H31ClN6O2/c32-28-17-22(7-8-26(28)24-5-2-1-3-6-24)20-33-14-9-31(39)35-13-4-12-34-29-18-25(19-30-27(29)21-36-37-30)23-10-15-38(40)16-11-23/h1-3,5-8,10-11,15-19,21,33-34,40H,4,9,12-14,20H2,(H,35,39). The number of amides is 1. The fraction of sp³-hybridized carbons (Fsp3) is 0.194. The van der Waals surface area contributed by atoms with Crippen LogP contribution in [0.4, 0.5) is 11.4 Å². The van der Waals surface area contributed by atoms with Crippen molar-refractivity contribution in [1.82, 2.24) is 15.7 Å². The van der Waals surface area contributed by atoms with Gasteiger partial charge in [-0.25, -0.2) is 5.06 Å². The van der Waals surface area contributed by atoms with Gasteiger partial charge in [-0.2, -0.15) is 10.2 Å². The second-order valence-electron chi connectivity index (χ2n) is 9.51. The molecule has 8 nitrogen and oxygen atoms in total. The predicted octanol–water partition coefficient (Wildman–Crippen LogP) is 4.82. The zero-order valence-electron chi connectivity index (χ0n) is 22.0. The van der Waals surface area contributed by atoms with Crippen molar-refractivity contribution in [2.75, 3.05) is 25.0 Å². The van der Waals surface area contributed by atoms with Gasteiger partial charge in [0.05, 0.1) is 11.9 Å². The summed E-state index contributed by atoms with van der Waals surface area (Å²) in [5.41, 5.74) is 5.88. The summed E-state index contributed by atoms with van der Waals surface area (Å²) in [7, 11) is 0. The number of fused-ring (bicyclic) bond motifs is 1. The van der Waals surface area contributed by atoms with Crippen LogP contribution in [0.25, 0.3) is 22.9 Å². The van der Waals surface area contributed by atoms with Gasteiger partial charge in [-0.3, -0.25) is 10.0 Å². The van der Waals surface area contributed by atoms with Crippen molar-refractivity contribution in [2.24, 2.45) is 10.2 Å². The Bertz CT molecular complexity index is 1570. The number of hydrogen-bond acceptors (Lipinski definition) is 7. The van der Waals surface area contributed by atoms with Crippen molar-refractivity contribution in [1.29, 1.82) is 0 Å². The molecule has 9 heteroatoms. The first-order valence-corrected chi connectivity index (χ1v) is 13.6. The van der Waals surface area contributed by atoms with Gasteiger partial charge in [-0.1, -0.05) is 54.1 Å². The highest BCUT2D eigenvalue weighted by atomic mass is 35.5. The van der Waals surface area contributed by atoms with Gasteiger partial charge in [-0.05, 0) is 58.7 Å². The van der Waals surface area contributed by atoms with E-state index >= 15 is 0 Å². The molecule has 3 aromatic rings. The van der Waals surface area contributed by atoms with Crippen LogP contribution < -0.4 is 26.4 Å². The third-order valence-corrected chi connectivity index (χ3v) is 6.94. The van der Waals surface area contributed by atoms with E-state index in [-0.39, 0.29) is 5.91 Å². The third kappa shape index (κ3) is 7.04. The SMILES string of the molecule is O=C(CCNCc1ccc(-c2ccccc2)c(Cl)c1)NCCCNc1cc(=C2C=CN(O)C=C2)cc2c1=CN=N2. The van der Waals surface area contributed by atoms with Crippen molar-refractivity contribution < 1.29 is 10.0 Å². The molecule has 2 aliphatic heterocycles. The van der Waals surface area contributed by atoms with E-state index in [0.29, 0.717) is 32.6 Å². The van der Waals surface area contributed by atoms with Crippen LogP contribution in [0.5, 0.6) is 0 Å². The van der Waals surface area contributed by atoms with Gasteiger partial charge in [-0.15, -0.1) is 0 Å². The minimum Gasteiger partial charge on any atom is -0.384 e. The monoisotopic (exact) mass is 554 g/mol. The minimum atomic E-state index is 0.0176. The van der Waals surface area contributed by atoms with Gasteiger partial charge in [0, 0.05) is 66.5 Å². The number of nitrogens with zero attached hydrogens (tertiary/aromatic N) is 3. The second-order valence-corrected chi connectivity index (χ2v) is 9.91.